The van der Waals surface area contributed by atoms with Crippen LogP contribution >= 0.6 is 0 Å². The quantitative estimate of drug-likeness (QED) is 0.892. The second kappa shape index (κ2) is 5.67. The summed E-state index contributed by atoms with van der Waals surface area (Å²) in [4.78, 5) is 5.74. The third-order valence-corrected chi connectivity index (χ3v) is 3.12. The van der Waals surface area contributed by atoms with Gasteiger partial charge in [-0.1, -0.05) is 0 Å². The second-order valence-electron chi connectivity index (χ2n) is 4.37. The van der Waals surface area contributed by atoms with Gasteiger partial charge >= 0.3 is 6.18 Å². The average Bonchev–Trinajstić information content (AvgIpc) is 2.37. The number of hydrogen-bond acceptors (Lipinski definition) is 3. The van der Waals surface area contributed by atoms with Gasteiger partial charge in [0, 0.05) is 45.1 Å². The summed E-state index contributed by atoms with van der Waals surface area (Å²) in [5, 5.41) is 3.22. The Morgan fingerprint density at radius 1 is 1.28 bits per heavy atom. The molecule has 0 spiro atoms. The lowest BCUT2D eigenvalue weighted by molar-refractivity contribution is -0.138. The number of alkyl halides is 3. The number of nitrogens with one attached hydrogen (secondary N) is 1. The average molecular weight is 259 g/mol. The fourth-order valence-corrected chi connectivity index (χ4v) is 2.11. The summed E-state index contributed by atoms with van der Waals surface area (Å²) in [5.74, 6) is 0. The molecule has 2 rings (SSSR count). The fourth-order valence-electron chi connectivity index (χ4n) is 2.11. The number of pyridine rings is 1. The molecule has 0 radical (unpaired) electrons. The van der Waals surface area contributed by atoms with Gasteiger partial charge < -0.3 is 10.2 Å². The molecule has 1 fully saturated rings. The Morgan fingerprint density at radius 2 is 2.00 bits per heavy atom. The molecule has 6 heteroatoms. The highest BCUT2D eigenvalue weighted by atomic mass is 19.4. The van der Waals surface area contributed by atoms with Gasteiger partial charge in [0.05, 0.1) is 5.56 Å². The van der Waals surface area contributed by atoms with Crippen molar-refractivity contribution in [2.75, 3.05) is 32.7 Å². The summed E-state index contributed by atoms with van der Waals surface area (Å²) in [6.45, 7) is 4.26. The van der Waals surface area contributed by atoms with Crippen molar-refractivity contribution in [3.63, 3.8) is 0 Å². The van der Waals surface area contributed by atoms with E-state index in [0.717, 1.165) is 32.4 Å². The van der Waals surface area contributed by atoms with Gasteiger partial charge in [-0.3, -0.25) is 4.98 Å². The van der Waals surface area contributed by atoms with Crippen LogP contribution in [0.3, 0.4) is 0 Å². The van der Waals surface area contributed by atoms with Crippen LogP contribution in [0.5, 0.6) is 0 Å². The molecular weight excluding hydrogens is 243 g/mol. The molecule has 1 saturated heterocycles. The first-order valence-corrected chi connectivity index (χ1v) is 6.00. The van der Waals surface area contributed by atoms with Crippen LogP contribution in [0.25, 0.3) is 0 Å². The van der Waals surface area contributed by atoms with E-state index in [1.54, 1.807) is 0 Å². The van der Waals surface area contributed by atoms with E-state index in [4.69, 9.17) is 0 Å². The van der Waals surface area contributed by atoms with Crippen molar-refractivity contribution in [2.24, 2.45) is 0 Å². The first kappa shape index (κ1) is 13.3. The molecule has 100 valence electrons. The van der Waals surface area contributed by atoms with Crippen LogP contribution in [0.2, 0.25) is 0 Å². The lowest BCUT2D eigenvalue weighted by Crippen LogP contribution is -2.44. The second-order valence-corrected chi connectivity index (χ2v) is 4.37. The highest BCUT2D eigenvalue weighted by Gasteiger charge is 2.33. The summed E-state index contributed by atoms with van der Waals surface area (Å²) < 4.78 is 38.3. The molecule has 3 nitrogen and oxygen atoms in total. The van der Waals surface area contributed by atoms with Crippen molar-refractivity contribution >= 4 is 0 Å². The lowest BCUT2D eigenvalue weighted by Gasteiger charge is -2.27. The molecule has 0 aromatic carbocycles. The summed E-state index contributed by atoms with van der Waals surface area (Å²) in [7, 11) is 0. The topological polar surface area (TPSA) is 28.2 Å². The van der Waals surface area contributed by atoms with Crippen LogP contribution in [0.4, 0.5) is 13.2 Å². The van der Waals surface area contributed by atoms with Crippen LogP contribution in [-0.2, 0) is 12.6 Å². The van der Waals surface area contributed by atoms with Crippen molar-refractivity contribution < 1.29 is 13.2 Å². The van der Waals surface area contributed by atoms with Gasteiger partial charge in [-0.15, -0.1) is 0 Å². The molecular formula is C12H16F3N3. The largest absolute Gasteiger partial charge is 0.418 e. The van der Waals surface area contributed by atoms with E-state index < -0.39 is 11.7 Å². The van der Waals surface area contributed by atoms with E-state index in [1.807, 2.05) is 0 Å². The summed E-state index contributed by atoms with van der Waals surface area (Å²) in [6.07, 6.45) is -1.57. The molecule has 0 bridgehead atoms. The number of piperazine rings is 1. The fraction of sp³-hybridized carbons (Fsp3) is 0.583. The predicted molar refractivity (Wildman–Crippen MR) is 62.3 cm³/mol. The van der Waals surface area contributed by atoms with Crippen molar-refractivity contribution in [3.05, 3.63) is 29.6 Å². The van der Waals surface area contributed by atoms with Crippen LogP contribution in [0.15, 0.2) is 18.5 Å². The van der Waals surface area contributed by atoms with Gasteiger partial charge in [0.1, 0.15) is 0 Å². The maximum atomic E-state index is 12.8. The number of rotatable bonds is 3. The normalized spacial score (nSPS) is 17.9. The minimum atomic E-state index is -4.31. The van der Waals surface area contributed by atoms with Crippen molar-refractivity contribution in [3.8, 4) is 0 Å². The van der Waals surface area contributed by atoms with E-state index in [0.29, 0.717) is 18.5 Å². The molecule has 1 aliphatic rings. The van der Waals surface area contributed by atoms with Crippen LogP contribution in [-0.4, -0.2) is 42.6 Å². The van der Waals surface area contributed by atoms with Crippen LogP contribution in [0.1, 0.15) is 11.1 Å². The first-order valence-electron chi connectivity index (χ1n) is 6.00. The molecule has 1 N–H and O–H groups in total. The van der Waals surface area contributed by atoms with E-state index in [1.165, 1.54) is 12.3 Å². The molecule has 0 atom stereocenters. The van der Waals surface area contributed by atoms with Crippen molar-refractivity contribution in [2.45, 2.75) is 12.6 Å². The molecule has 1 aliphatic heterocycles. The van der Waals surface area contributed by atoms with Gasteiger partial charge in [-0.25, -0.2) is 0 Å². The molecule has 2 heterocycles. The zero-order chi connectivity index (χ0) is 13.0. The maximum Gasteiger partial charge on any atom is 0.418 e. The molecule has 1 aromatic heterocycles. The van der Waals surface area contributed by atoms with Crippen molar-refractivity contribution in [1.29, 1.82) is 0 Å². The van der Waals surface area contributed by atoms with Gasteiger partial charge in [0.25, 0.3) is 0 Å². The van der Waals surface area contributed by atoms with E-state index in [-0.39, 0.29) is 0 Å². The zero-order valence-corrected chi connectivity index (χ0v) is 10.0. The smallest absolute Gasteiger partial charge is 0.314 e. The molecule has 18 heavy (non-hydrogen) atoms. The molecule has 0 saturated carbocycles. The van der Waals surface area contributed by atoms with Crippen LogP contribution in [0, 0.1) is 0 Å². The minimum Gasteiger partial charge on any atom is -0.314 e. The Kier molecular flexibility index (Phi) is 4.19. The standard InChI is InChI=1S/C12H16F3N3/c13-12(14,15)11-9-17-3-1-10(11)2-6-18-7-4-16-5-8-18/h1,3,9,16H,2,4-8H2. The van der Waals surface area contributed by atoms with Crippen molar-refractivity contribution in [1.82, 2.24) is 15.2 Å². The number of aromatic nitrogens is 1. The minimum absolute atomic E-state index is 0.330. The zero-order valence-electron chi connectivity index (χ0n) is 10.0. The van der Waals surface area contributed by atoms with E-state index in [9.17, 15) is 13.2 Å². The Balaban J connectivity index is 2.00. The monoisotopic (exact) mass is 259 g/mol. The molecule has 0 amide bonds. The highest BCUT2D eigenvalue weighted by molar-refractivity contribution is 5.26. The van der Waals surface area contributed by atoms with Crippen LogP contribution < -0.4 is 5.32 Å². The van der Waals surface area contributed by atoms with Gasteiger partial charge in [-0.2, -0.15) is 13.2 Å². The summed E-state index contributed by atoms with van der Waals surface area (Å²) in [6, 6.07) is 1.46. The summed E-state index contributed by atoms with van der Waals surface area (Å²) in [5.41, 5.74) is -0.281. The Labute approximate surface area is 104 Å². The van der Waals surface area contributed by atoms with Gasteiger partial charge in [0.2, 0.25) is 0 Å². The first-order chi connectivity index (χ1) is 8.57. The van der Waals surface area contributed by atoms with Gasteiger partial charge in [0.15, 0.2) is 0 Å². The maximum absolute atomic E-state index is 12.8. The SMILES string of the molecule is FC(F)(F)c1cnccc1CCN1CCNCC1. The third-order valence-electron chi connectivity index (χ3n) is 3.12. The Hall–Kier alpha value is -1.14. The molecule has 1 aromatic rings. The Morgan fingerprint density at radius 3 is 2.67 bits per heavy atom. The number of halogens is 3. The predicted octanol–water partition coefficient (Wildman–Crippen LogP) is 1.55. The molecule has 0 aliphatic carbocycles. The van der Waals surface area contributed by atoms with Gasteiger partial charge in [-0.05, 0) is 18.1 Å². The number of hydrogen-bond donors (Lipinski definition) is 1. The molecule has 0 unspecified atom stereocenters. The van der Waals surface area contributed by atoms with E-state index in [2.05, 4.69) is 15.2 Å². The number of nitrogens with zero attached hydrogens (tertiary/aromatic N) is 2. The lowest BCUT2D eigenvalue weighted by atomic mass is 10.1. The summed E-state index contributed by atoms with van der Waals surface area (Å²) >= 11 is 0. The van der Waals surface area contributed by atoms with E-state index >= 15 is 0 Å². The Bertz CT molecular complexity index is 386. The highest BCUT2D eigenvalue weighted by Crippen LogP contribution is 2.31. The third kappa shape index (κ3) is 3.43.